The van der Waals surface area contributed by atoms with Gasteiger partial charge in [-0.15, -0.1) is 0 Å². The Labute approximate surface area is 101 Å². The minimum atomic E-state index is -0.0291. The minimum absolute atomic E-state index is 0.0291. The lowest BCUT2D eigenvalue weighted by atomic mass is 9.88. The van der Waals surface area contributed by atoms with Crippen LogP contribution in [0.3, 0.4) is 0 Å². The summed E-state index contributed by atoms with van der Waals surface area (Å²) in [5.41, 5.74) is -0.0291. The summed E-state index contributed by atoms with van der Waals surface area (Å²) in [6, 6.07) is 0. The van der Waals surface area contributed by atoms with Crippen molar-refractivity contribution in [3.63, 3.8) is 0 Å². The van der Waals surface area contributed by atoms with E-state index in [-0.39, 0.29) is 11.4 Å². The van der Waals surface area contributed by atoms with Crippen LogP contribution in [0.25, 0.3) is 0 Å². The van der Waals surface area contributed by atoms with E-state index >= 15 is 0 Å². The monoisotopic (exact) mass is 227 g/mol. The third kappa shape index (κ3) is 6.14. The maximum atomic E-state index is 11.9. The number of carbonyl (C=O) groups excluding carboxylic acids is 1. The minimum Gasteiger partial charge on any atom is -0.351 e. The molecular weight excluding hydrogens is 198 g/mol. The highest BCUT2D eigenvalue weighted by Gasteiger charge is 2.25. The van der Waals surface area contributed by atoms with Crippen LogP contribution in [0.4, 0.5) is 0 Å². The lowest BCUT2D eigenvalue weighted by molar-refractivity contribution is -0.123. The molecule has 0 saturated carbocycles. The summed E-state index contributed by atoms with van der Waals surface area (Å²) < 4.78 is 0. The molecule has 0 aliphatic heterocycles. The average molecular weight is 227 g/mol. The van der Waals surface area contributed by atoms with Crippen LogP contribution in [0.15, 0.2) is 0 Å². The highest BCUT2D eigenvalue weighted by molar-refractivity contribution is 5.76. The molecule has 0 rings (SSSR count). The highest BCUT2D eigenvalue weighted by Crippen LogP contribution is 2.20. The number of carbonyl (C=O) groups is 1. The summed E-state index contributed by atoms with van der Waals surface area (Å²) in [7, 11) is 0. The molecule has 16 heavy (non-hydrogen) atoms. The quantitative estimate of drug-likeness (QED) is 0.705. The summed E-state index contributed by atoms with van der Waals surface area (Å²) in [4.78, 5) is 11.9. The van der Waals surface area contributed by atoms with Crippen molar-refractivity contribution in [1.82, 2.24) is 5.32 Å². The number of rotatable bonds is 7. The van der Waals surface area contributed by atoms with E-state index in [2.05, 4.69) is 46.9 Å². The first kappa shape index (κ1) is 15.5. The van der Waals surface area contributed by atoms with Gasteiger partial charge in [0.15, 0.2) is 0 Å². The first-order valence-corrected chi connectivity index (χ1v) is 6.64. The number of nitrogens with one attached hydrogen (secondary N) is 1. The summed E-state index contributed by atoms with van der Waals surface area (Å²) in [6.45, 7) is 13.0. The van der Waals surface area contributed by atoms with Crippen molar-refractivity contribution < 1.29 is 4.79 Å². The van der Waals surface area contributed by atoms with Gasteiger partial charge in [-0.3, -0.25) is 4.79 Å². The summed E-state index contributed by atoms with van der Waals surface area (Å²) in [6.07, 6.45) is 3.78. The molecule has 2 nitrogen and oxygen atoms in total. The summed E-state index contributed by atoms with van der Waals surface area (Å²) >= 11 is 0. The van der Waals surface area contributed by atoms with Crippen molar-refractivity contribution in [2.75, 3.05) is 0 Å². The molecule has 1 amide bonds. The Morgan fingerprint density at radius 1 is 1.25 bits per heavy atom. The second kappa shape index (κ2) is 6.93. The van der Waals surface area contributed by atoms with Gasteiger partial charge in [0, 0.05) is 12.0 Å². The molecule has 0 bridgehead atoms. The fourth-order valence-electron chi connectivity index (χ4n) is 2.03. The maximum Gasteiger partial charge on any atom is 0.220 e. The molecule has 0 fully saturated rings. The van der Waals surface area contributed by atoms with Gasteiger partial charge in [-0.1, -0.05) is 41.0 Å². The van der Waals surface area contributed by atoms with Gasteiger partial charge in [-0.25, -0.2) is 0 Å². The van der Waals surface area contributed by atoms with Gasteiger partial charge in [-0.2, -0.15) is 0 Å². The van der Waals surface area contributed by atoms with Crippen molar-refractivity contribution in [3.05, 3.63) is 0 Å². The van der Waals surface area contributed by atoms with Crippen LogP contribution < -0.4 is 5.32 Å². The molecule has 1 N–H and O–H groups in total. The van der Waals surface area contributed by atoms with E-state index in [1.807, 2.05) is 0 Å². The van der Waals surface area contributed by atoms with E-state index in [4.69, 9.17) is 0 Å². The molecule has 2 unspecified atom stereocenters. The van der Waals surface area contributed by atoms with E-state index in [0.717, 1.165) is 19.3 Å². The zero-order valence-electron chi connectivity index (χ0n) is 11.9. The lowest BCUT2D eigenvalue weighted by Crippen LogP contribution is -2.46. The van der Waals surface area contributed by atoms with Crippen LogP contribution in [0.1, 0.15) is 67.2 Å². The molecule has 0 heterocycles. The van der Waals surface area contributed by atoms with E-state index in [9.17, 15) is 4.79 Å². The van der Waals surface area contributed by atoms with E-state index in [0.29, 0.717) is 18.3 Å². The van der Waals surface area contributed by atoms with Crippen LogP contribution in [0.2, 0.25) is 0 Å². The molecule has 0 aromatic carbocycles. The van der Waals surface area contributed by atoms with Gasteiger partial charge in [0.05, 0.1) is 0 Å². The van der Waals surface area contributed by atoms with Crippen molar-refractivity contribution in [2.45, 2.75) is 72.8 Å². The Kier molecular flexibility index (Phi) is 6.70. The van der Waals surface area contributed by atoms with Crippen LogP contribution in [0, 0.1) is 11.8 Å². The first-order chi connectivity index (χ1) is 7.33. The third-order valence-electron chi connectivity index (χ3n) is 3.31. The zero-order valence-corrected chi connectivity index (χ0v) is 11.9. The van der Waals surface area contributed by atoms with Gasteiger partial charge in [-0.05, 0) is 31.6 Å². The van der Waals surface area contributed by atoms with Crippen molar-refractivity contribution in [2.24, 2.45) is 11.8 Å². The predicted molar refractivity (Wildman–Crippen MR) is 70.4 cm³/mol. The molecular formula is C14H29NO. The van der Waals surface area contributed by atoms with E-state index < -0.39 is 0 Å². The fraction of sp³-hybridized carbons (Fsp3) is 0.929. The fourth-order valence-corrected chi connectivity index (χ4v) is 2.03. The summed E-state index contributed by atoms with van der Waals surface area (Å²) in [5.74, 6) is 1.31. The Balaban J connectivity index is 4.25. The van der Waals surface area contributed by atoms with Crippen LogP contribution in [0.5, 0.6) is 0 Å². The molecule has 0 radical (unpaired) electrons. The van der Waals surface area contributed by atoms with E-state index in [1.165, 1.54) is 0 Å². The van der Waals surface area contributed by atoms with Gasteiger partial charge in [0.1, 0.15) is 0 Å². The second-order valence-electron chi connectivity index (χ2n) is 5.78. The Hall–Kier alpha value is -0.530. The van der Waals surface area contributed by atoms with Gasteiger partial charge < -0.3 is 5.32 Å². The van der Waals surface area contributed by atoms with Crippen molar-refractivity contribution >= 4 is 5.91 Å². The third-order valence-corrected chi connectivity index (χ3v) is 3.31. The van der Waals surface area contributed by atoms with Crippen molar-refractivity contribution in [3.8, 4) is 0 Å². The molecule has 0 aliphatic rings. The standard InChI is InChI=1S/C14H29NO/c1-7-12(5)9-13(16)15-14(6,8-2)10-11(3)4/h11-12H,7-10H2,1-6H3,(H,15,16). The second-order valence-corrected chi connectivity index (χ2v) is 5.78. The lowest BCUT2D eigenvalue weighted by Gasteiger charge is -2.32. The zero-order chi connectivity index (χ0) is 12.8. The molecule has 0 aromatic heterocycles. The number of amides is 1. The van der Waals surface area contributed by atoms with E-state index in [1.54, 1.807) is 0 Å². The van der Waals surface area contributed by atoms with Gasteiger partial charge >= 0.3 is 0 Å². The van der Waals surface area contributed by atoms with Gasteiger partial charge in [0.25, 0.3) is 0 Å². The van der Waals surface area contributed by atoms with Crippen LogP contribution in [-0.2, 0) is 4.79 Å². The maximum absolute atomic E-state index is 11.9. The number of hydrogen-bond donors (Lipinski definition) is 1. The Bertz CT molecular complexity index is 213. The molecule has 96 valence electrons. The molecule has 2 heteroatoms. The van der Waals surface area contributed by atoms with Crippen molar-refractivity contribution in [1.29, 1.82) is 0 Å². The molecule has 0 aromatic rings. The summed E-state index contributed by atoms with van der Waals surface area (Å²) in [5, 5.41) is 3.20. The average Bonchev–Trinajstić information content (AvgIpc) is 2.15. The highest BCUT2D eigenvalue weighted by atomic mass is 16.1. The topological polar surface area (TPSA) is 29.1 Å². The smallest absolute Gasteiger partial charge is 0.220 e. The molecule has 2 atom stereocenters. The predicted octanol–water partition coefficient (Wildman–Crippen LogP) is 3.75. The Morgan fingerprint density at radius 3 is 2.19 bits per heavy atom. The van der Waals surface area contributed by atoms with Crippen LogP contribution >= 0.6 is 0 Å². The molecule has 0 aliphatic carbocycles. The SMILES string of the molecule is CCC(C)CC(=O)NC(C)(CC)CC(C)C. The number of hydrogen-bond acceptors (Lipinski definition) is 1. The first-order valence-electron chi connectivity index (χ1n) is 6.64. The molecule has 0 spiro atoms. The largest absolute Gasteiger partial charge is 0.351 e. The van der Waals surface area contributed by atoms with Gasteiger partial charge in [0.2, 0.25) is 5.91 Å². The Morgan fingerprint density at radius 2 is 1.81 bits per heavy atom. The normalized spacial score (nSPS) is 16.9. The molecule has 0 saturated heterocycles. The van der Waals surface area contributed by atoms with Crippen LogP contribution in [-0.4, -0.2) is 11.4 Å².